The molecule has 1 radical (unpaired) electrons. The first kappa shape index (κ1) is 48.0. The molecule has 2 aromatic carbocycles. The molecule has 0 amide bonds. The number of carbonyl (C=O) groups excluding carboxylic acids is 6. The number of nitrogens with one attached hydrogen (secondary N) is 4. The van der Waals surface area contributed by atoms with Crippen molar-refractivity contribution >= 4 is 57.9 Å². The molecule has 0 aliphatic rings. The van der Waals surface area contributed by atoms with Crippen molar-refractivity contribution in [1.29, 1.82) is 0 Å². The molecule has 0 atom stereocenters. The minimum atomic E-state index is -2.19. The molecule has 4 aromatic rings. The van der Waals surface area contributed by atoms with Crippen LogP contribution >= 0.6 is 0 Å². The number of hydrogen-bond acceptors (Lipinski definition) is 12. The number of imidazole rings is 2. The van der Waals surface area contributed by atoms with Crippen molar-refractivity contribution in [2.24, 2.45) is 0 Å². The third-order valence-electron chi connectivity index (χ3n) is 3.64. The zero-order valence-electron chi connectivity index (χ0n) is 21.9. The van der Waals surface area contributed by atoms with E-state index in [0.717, 1.165) is 11.6 Å². The molecular formula is C22H22FeKN4O14. The number of aromatic nitrogens is 4. The summed E-state index contributed by atoms with van der Waals surface area (Å²) in [6.07, 6.45) is 0. The number of hydrogen-bond donors (Lipinski definition) is 2. The number of aromatic amines is 4. The SMILES string of the molecule is Cc1[nH]c2ccccc2[nH+]1.Cc1[nH]c2ccccc2[nH+]1.O.O.O=C([O-])C(=O)[O-].O=C([O-])C(=O)[O-].O=C([O-])C(=O)[O-].[Fe+3].[K+]. The number of carbonyl (C=O) groups is 6. The molecule has 2 aromatic heterocycles. The Morgan fingerprint density at radius 1 is 0.524 bits per heavy atom. The number of rotatable bonds is 0. The maximum absolute atomic E-state index is 8.93. The molecule has 4 rings (SSSR count). The fourth-order valence-corrected chi connectivity index (χ4v) is 2.27. The van der Waals surface area contributed by atoms with E-state index in [0.29, 0.717) is 0 Å². The Morgan fingerprint density at radius 3 is 0.929 bits per heavy atom. The summed E-state index contributed by atoms with van der Waals surface area (Å²) in [6.45, 7) is 4.03. The Balaban J connectivity index is -0.000000136. The molecule has 0 aliphatic heterocycles. The Labute approximate surface area is 288 Å². The van der Waals surface area contributed by atoms with Crippen molar-refractivity contribution in [2.75, 3.05) is 0 Å². The van der Waals surface area contributed by atoms with Crippen LogP contribution < -0.4 is 92.0 Å². The second kappa shape index (κ2) is 25.0. The van der Waals surface area contributed by atoms with Gasteiger partial charge in [-0.25, -0.2) is 19.9 Å². The van der Waals surface area contributed by atoms with Crippen molar-refractivity contribution in [3.05, 3.63) is 60.2 Å². The van der Waals surface area contributed by atoms with Gasteiger partial charge in [0.15, 0.2) is 22.1 Å². The molecule has 42 heavy (non-hydrogen) atoms. The minimum Gasteiger partial charge on any atom is -0.543 e. The zero-order valence-corrected chi connectivity index (χ0v) is 26.1. The number of benzene rings is 2. The molecule has 223 valence electrons. The fourth-order valence-electron chi connectivity index (χ4n) is 2.27. The normalized spacial score (nSPS) is 8.14. The molecular weight excluding hydrogens is 639 g/mol. The number of carboxylic acids is 6. The van der Waals surface area contributed by atoms with Crippen molar-refractivity contribution in [2.45, 2.75) is 13.8 Å². The number of aliphatic carboxylic acids is 6. The minimum absolute atomic E-state index is 0. The van der Waals surface area contributed by atoms with E-state index in [9.17, 15) is 0 Å². The first-order chi connectivity index (χ1) is 17.6. The quantitative estimate of drug-likeness (QED) is 0.131. The molecule has 0 unspecified atom stereocenters. The van der Waals surface area contributed by atoms with E-state index in [2.05, 4.69) is 44.2 Å². The molecule has 18 nitrogen and oxygen atoms in total. The van der Waals surface area contributed by atoms with Crippen molar-refractivity contribution in [3.8, 4) is 0 Å². The van der Waals surface area contributed by atoms with E-state index in [1.54, 1.807) is 0 Å². The van der Waals surface area contributed by atoms with E-state index < -0.39 is 35.8 Å². The number of carboxylic acid groups (broad SMARTS) is 6. The average molecular weight is 661 g/mol. The van der Waals surface area contributed by atoms with Gasteiger partial charge in [0, 0.05) is 13.8 Å². The topological polar surface area (TPSA) is 364 Å². The summed E-state index contributed by atoms with van der Waals surface area (Å²) in [6, 6.07) is 16.3. The van der Waals surface area contributed by atoms with Gasteiger partial charge in [-0.15, -0.1) is 0 Å². The Bertz CT molecular complexity index is 1210. The van der Waals surface area contributed by atoms with Crippen LogP contribution in [0.1, 0.15) is 11.6 Å². The summed E-state index contributed by atoms with van der Waals surface area (Å²) in [5.74, 6) is -10.9. The first-order valence-corrected chi connectivity index (χ1v) is 9.85. The predicted octanol–water partition coefficient (Wildman–Crippen LogP) is -12.6. The molecule has 8 N–H and O–H groups in total. The summed E-state index contributed by atoms with van der Waals surface area (Å²) in [4.78, 5) is 66.4. The monoisotopic (exact) mass is 661 g/mol. The standard InChI is InChI=1S/2C8H8N2.3C2H2O4.Fe.K.2H2O/c2*1-6-9-7-4-2-3-5-8(7)10-6;3*3-1(4)2(5)6;;;;/h2*2-5H,1H3,(H,9,10);3*(H,3,4)(H,5,6);;;2*1H2/q;;;;;+3;+1;;/p-4. The van der Waals surface area contributed by atoms with Gasteiger partial charge >= 0.3 is 68.5 Å². The Hall–Kier alpha value is -3.72. The molecule has 0 fully saturated rings. The number of fused-ring (bicyclic) bond motifs is 2. The van der Waals surface area contributed by atoms with Gasteiger partial charge in [0.1, 0.15) is 0 Å². The van der Waals surface area contributed by atoms with E-state index in [1.807, 2.05) is 38.1 Å². The predicted molar refractivity (Wildman–Crippen MR) is 116 cm³/mol. The molecule has 20 heteroatoms. The van der Waals surface area contributed by atoms with Crippen LogP contribution in [-0.2, 0) is 45.8 Å². The van der Waals surface area contributed by atoms with Crippen LogP contribution in [0.2, 0.25) is 0 Å². The molecule has 2 heterocycles. The Morgan fingerprint density at radius 2 is 0.738 bits per heavy atom. The van der Waals surface area contributed by atoms with Gasteiger partial charge < -0.3 is 70.4 Å². The Kier molecular flexibility index (Phi) is 28.6. The number of aryl methyl sites for hydroxylation is 2. The average Bonchev–Trinajstić information content (AvgIpc) is 3.40. The van der Waals surface area contributed by atoms with Crippen LogP contribution in [0.4, 0.5) is 0 Å². The molecule has 0 bridgehead atoms. The molecule has 0 aliphatic carbocycles. The third kappa shape index (κ3) is 21.1. The van der Waals surface area contributed by atoms with Crippen LogP contribution in [0.25, 0.3) is 22.1 Å². The van der Waals surface area contributed by atoms with Crippen LogP contribution in [0.15, 0.2) is 48.5 Å². The third-order valence-corrected chi connectivity index (χ3v) is 3.64. The second-order valence-electron chi connectivity index (χ2n) is 6.57. The summed E-state index contributed by atoms with van der Waals surface area (Å²) < 4.78 is 0. The summed E-state index contributed by atoms with van der Waals surface area (Å²) >= 11 is 0. The van der Waals surface area contributed by atoms with Crippen LogP contribution in [0.3, 0.4) is 0 Å². The molecule has 0 spiro atoms. The number of para-hydroxylation sites is 4. The van der Waals surface area contributed by atoms with Crippen molar-refractivity contribution in [1.82, 2.24) is 9.97 Å². The van der Waals surface area contributed by atoms with Gasteiger partial charge in [0.25, 0.3) is 0 Å². The molecule has 0 saturated carbocycles. The van der Waals surface area contributed by atoms with Crippen molar-refractivity contribution in [3.63, 3.8) is 0 Å². The summed E-state index contributed by atoms with van der Waals surface area (Å²) in [5.41, 5.74) is 4.67. The first-order valence-electron chi connectivity index (χ1n) is 9.85. The van der Waals surface area contributed by atoms with E-state index >= 15 is 0 Å². The van der Waals surface area contributed by atoms with Gasteiger partial charge in [-0.05, 0) is 24.3 Å². The summed E-state index contributed by atoms with van der Waals surface area (Å²) in [5, 5.41) is 53.6. The van der Waals surface area contributed by atoms with Crippen LogP contribution in [-0.4, -0.2) is 56.7 Å². The van der Waals surface area contributed by atoms with Gasteiger partial charge in [-0.3, -0.25) is 0 Å². The van der Waals surface area contributed by atoms with Gasteiger partial charge in [-0.1, -0.05) is 24.3 Å². The summed E-state index contributed by atoms with van der Waals surface area (Å²) in [7, 11) is 0. The maximum Gasteiger partial charge on any atom is 3.00 e. The van der Waals surface area contributed by atoms with Gasteiger partial charge in [-0.2, -0.15) is 0 Å². The van der Waals surface area contributed by atoms with Crippen LogP contribution in [0.5, 0.6) is 0 Å². The number of H-pyrrole nitrogens is 4. The largest absolute Gasteiger partial charge is 3.00 e. The second-order valence-corrected chi connectivity index (χ2v) is 6.57. The van der Waals surface area contributed by atoms with E-state index in [4.69, 9.17) is 59.4 Å². The van der Waals surface area contributed by atoms with E-state index in [-0.39, 0.29) is 79.4 Å². The van der Waals surface area contributed by atoms with E-state index in [1.165, 1.54) is 22.1 Å². The smallest absolute Gasteiger partial charge is 0.543 e. The fraction of sp³-hybridized carbons (Fsp3) is 0.0909. The van der Waals surface area contributed by atoms with Gasteiger partial charge in [0.2, 0.25) is 11.6 Å². The van der Waals surface area contributed by atoms with Gasteiger partial charge in [0.05, 0.1) is 35.8 Å². The molecule has 0 saturated heterocycles. The zero-order chi connectivity index (χ0) is 29.4. The maximum atomic E-state index is 8.93. The van der Waals surface area contributed by atoms with Crippen LogP contribution in [0, 0.1) is 13.8 Å². The van der Waals surface area contributed by atoms with Crippen molar-refractivity contribution < 1.29 is 149 Å².